The third kappa shape index (κ3) is 15.8. The van der Waals surface area contributed by atoms with Gasteiger partial charge in [0.1, 0.15) is 53.9 Å². The maximum absolute atomic E-state index is 14.5. The Morgan fingerprint density at radius 3 is 1.48 bits per heavy atom. The number of ketones is 4. The molecule has 4 bridgehead atoms. The van der Waals surface area contributed by atoms with E-state index in [1.54, 1.807) is 25.1 Å². The van der Waals surface area contributed by atoms with E-state index in [0.29, 0.717) is 68.2 Å². The van der Waals surface area contributed by atoms with Gasteiger partial charge in [0.25, 0.3) is 0 Å². The number of benzene rings is 2. The third-order valence-electron chi connectivity index (χ3n) is 24.8. The smallest absolute Gasteiger partial charge is 0.234 e. The molecule has 3 N–H and O–H groups in total. The first kappa shape index (κ1) is 83.3. The zero-order valence-electron chi connectivity index (χ0n) is 56.2. The van der Waals surface area contributed by atoms with Gasteiger partial charge in [0.05, 0.1) is 17.2 Å². The molecule has 0 spiro atoms. The molecule has 0 aromatic heterocycles. The predicted molar refractivity (Wildman–Crippen MR) is 409 cm³/mol. The van der Waals surface area contributed by atoms with Gasteiger partial charge < -0.3 is 39.3 Å². The molecule has 2 unspecified atom stereocenters. The molecule has 97 heavy (non-hydrogen) atoms. The molecule has 0 amide bonds. The number of halogens is 10. The standard InChI is InChI=1S/C36H46FNO7.C22H34O5.C13H10Cl2FNO2.I3.I2.HI/c1-7-34(5)16-28(35(6)12-10-20(3)36(21(4)32(34)42)13-11-27(39)31(35)36)45-29(40)18-44-33(43)24-17-38(22-8-9-22)26-14-19(2)25(37)15-23(26)30(24)41;1-6-20(4)11-16(27-17(25)12-23)21(5)9-7-13(2)22(14(3)19(20)26)10-8-15(24)18(21)22;14-9-4-11-7(3-10(9)16)12(18)8(13(15)19)5-17(11)6-1-2-6;1-3-2;1-2;/h7,14-15,20-22,24,28,31-32,42H,1,8-13,16-18H2,2-6H3;6,13-14,16,18-19,23,26H,1,7-12H2,2-5H3;3-4,6,8H,1-2,5H2;;;1H/q;;;-1;;/t20-,21+,24?,28-,31+,32+,34-,35+,36+;13-,14+,16-,18+,19+,20-,21+,22+;;;;/m11..../s1. The van der Waals surface area contributed by atoms with E-state index < -0.39 is 123 Å². The molecule has 8 fully saturated rings. The van der Waals surface area contributed by atoms with Crippen LogP contribution in [0.25, 0.3) is 0 Å². The molecule has 2 aromatic carbocycles. The number of Topliss-reactive ketones (excluding diaryl/α,β-unsaturated/α-hetero) is 4. The van der Waals surface area contributed by atoms with Crippen molar-refractivity contribution in [1.29, 1.82) is 0 Å². The second-order valence-electron chi connectivity index (χ2n) is 29.8. The molecule has 0 radical (unpaired) electrons. The number of esters is 3. The van der Waals surface area contributed by atoms with Crippen LogP contribution in [0.15, 0.2) is 49.6 Å². The number of fused-ring (bicyclic) bond motifs is 2. The normalized spacial score (nSPS) is 36.7. The Balaban J connectivity index is 0.000000216. The molecule has 2 aromatic rings. The van der Waals surface area contributed by atoms with E-state index in [4.69, 9.17) is 37.4 Å². The van der Waals surface area contributed by atoms with E-state index in [1.165, 1.54) is 12.1 Å². The summed E-state index contributed by atoms with van der Waals surface area (Å²) < 4.78 is 45.3. The SMILES string of the molecule is C=C[C@]1(C)C[C@@H](OC(=O)CO)[C@]2(C)CC[C@@H](C)[C@@]3(CCC(=O)[C@@H]23)[C@@H](C)[C@@H]1O.C=C[C@]1(C)C[C@@H](OC(=O)COC(=O)C2CN(C3CC3)c3cc(C)c(F)cc3C2=O)[C@]2(C)CC[C@@H](C)[C@@]3(CCC(=O)[C@@H]23)[C@@H](C)[C@@H]1O.I.II.I[I-]I.O=C(Cl)C1CN(C2CC2)c2cc(Cl)c(F)cc2C1=O. The Kier molecular flexibility index (Phi) is 28.5. The minimum atomic E-state index is -1.19. The van der Waals surface area contributed by atoms with Crippen LogP contribution in [0.2, 0.25) is 5.02 Å². The second-order valence-corrected chi connectivity index (χ2v) is 46.8. The van der Waals surface area contributed by atoms with Crippen molar-refractivity contribution in [2.24, 2.45) is 79.8 Å². The molecule has 26 heteroatoms. The van der Waals surface area contributed by atoms with E-state index in [1.807, 2.05) is 30.6 Å². The van der Waals surface area contributed by atoms with Gasteiger partial charge in [-0.1, -0.05) is 79.1 Å². The molecule has 2 heterocycles. The molecule has 8 aliphatic carbocycles. The van der Waals surface area contributed by atoms with Crippen LogP contribution >= 0.6 is 122 Å². The fourth-order valence-corrected chi connectivity index (χ4v) is 19.3. The first-order valence-electron chi connectivity index (χ1n) is 33.1. The van der Waals surface area contributed by atoms with Crippen molar-refractivity contribution >= 4 is 179 Å². The summed E-state index contributed by atoms with van der Waals surface area (Å²) in [4.78, 5) is 106. The van der Waals surface area contributed by atoms with Crippen LogP contribution in [0.5, 0.6) is 0 Å². The average Bonchev–Trinajstić information content (AvgIpc) is 1.69. The Morgan fingerprint density at radius 2 is 1.07 bits per heavy atom. The molecule has 16 nitrogen and oxygen atoms in total. The Hall–Kier alpha value is -1.02. The molecule has 0 saturated heterocycles. The number of hydrogen-bond donors (Lipinski definition) is 3. The van der Waals surface area contributed by atoms with Gasteiger partial charge >= 0.3 is 68.4 Å². The molecule has 8 saturated carbocycles. The van der Waals surface area contributed by atoms with Crippen LogP contribution in [0.4, 0.5) is 20.2 Å². The third-order valence-corrected chi connectivity index (χ3v) is 25.3. The van der Waals surface area contributed by atoms with Gasteiger partial charge in [0.15, 0.2) is 18.2 Å². The van der Waals surface area contributed by atoms with Gasteiger partial charge in [0.2, 0.25) is 5.24 Å². The van der Waals surface area contributed by atoms with Crippen LogP contribution in [-0.2, 0) is 43.0 Å². The summed E-state index contributed by atoms with van der Waals surface area (Å²) in [6, 6.07) is 5.85. The summed E-state index contributed by atoms with van der Waals surface area (Å²) in [5.41, 5.74) is -1.30. The van der Waals surface area contributed by atoms with Gasteiger partial charge in [-0.25, -0.2) is 18.4 Å². The monoisotopic (exact) mass is 2070 g/mol. The maximum atomic E-state index is 14.5. The summed E-state index contributed by atoms with van der Waals surface area (Å²) in [7, 11) is 0. The Bertz CT molecular complexity index is 3390. The number of hydrogen-bond acceptors (Lipinski definition) is 16. The van der Waals surface area contributed by atoms with E-state index >= 15 is 0 Å². The zero-order chi connectivity index (χ0) is 71.3. The minimum Gasteiger partial charge on any atom is -0.367 e. The summed E-state index contributed by atoms with van der Waals surface area (Å²) in [5, 5.41) is 31.7. The first-order valence-corrected chi connectivity index (χ1v) is 52.7. The number of nitrogens with zero attached hydrogens (tertiary/aromatic N) is 2. The van der Waals surface area contributed by atoms with E-state index in [0.717, 1.165) is 57.4 Å². The summed E-state index contributed by atoms with van der Waals surface area (Å²) >= 11 is 20.8. The number of aliphatic hydroxyl groups is 3. The second kappa shape index (κ2) is 33.2. The minimum absolute atomic E-state index is 0. The van der Waals surface area contributed by atoms with Crippen molar-refractivity contribution < 1.29 is 89.9 Å². The summed E-state index contributed by atoms with van der Waals surface area (Å²) in [5.74, 6) is -6.45. The maximum Gasteiger partial charge on any atom is 0.234 e. The van der Waals surface area contributed by atoms with Crippen LogP contribution in [0.3, 0.4) is 0 Å². The quantitative estimate of drug-likeness (QED) is 0.0474. The largest absolute Gasteiger partial charge is 0.367 e. The van der Waals surface area contributed by atoms with Gasteiger partial charge in [-0.2, -0.15) is 0 Å². The average molecular weight is 2070 g/mol. The van der Waals surface area contributed by atoms with Gasteiger partial charge in [-0.05, 0) is 160 Å². The fraction of sp³-hybridized carbons (Fsp3) is 0.662. The zero-order valence-corrected chi connectivity index (χ0v) is 70.9. The van der Waals surface area contributed by atoms with E-state index in [9.17, 15) is 62.5 Å². The molecule has 10 aliphatic rings. The van der Waals surface area contributed by atoms with Crippen molar-refractivity contribution in [3.05, 3.63) is 82.9 Å². The fourth-order valence-electron chi connectivity index (χ4n) is 19.0. The van der Waals surface area contributed by atoms with Crippen LogP contribution in [-0.4, -0.2) is 124 Å². The van der Waals surface area contributed by atoms with Crippen LogP contribution in [0.1, 0.15) is 172 Å². The molecule has 2 aliphatic heterocycles. The number of anilines is 2. The Morgan fingerprint density at radius 1 is 0.670 bits per heavy atom. The number of aryl methyl sites for hydroxylation is 1. The van der Waals surface area contributed by atoms with Crippen molar-refractivity contribution in [1.82, 2.24) is 0 Å². The number of ether oxygens (including phenoxy) is 3. The molecule has 18 atom stereocenters. The first-order chi connectivity index (χ1) is 45.1. The number of rotatable bonds is 11. The van der Waals surface area contributed by atoms with E-state index in [-0.39, 0.29) is 118 Å². The van der Waals surface area contributed by atoms with Crippen molar-refractivity contribution in [3.63, 3.8) is 0 Å². The summed E-state index contributed by atoms with van der Waals surface area (Å²) in [6.45, 7) is 25.1. The van der Waals surface area contributed by atoms with Gasteiger partial charge in [-0.3, -0.25) is 28.8 Å². The molecule has 540 valence electrons. The number of carbonyl (C=O) groups is 8. The van der Waals surface area contributed by atoms with Crippen LogP contribution < -0.4 is 23.1 Å². The molecular formula is C71H91Cl2F2I6N2O14-. The summed E-state index contributed by atoms with van der Waals surface area (Å²) in [6.07, 6.45) is 10.9. The van der Waals surface area contributed by atoms with Crippen LogP contribution in [0, 0.1) is 98.4 Å². The van der Waals surface area contributed by atoms with E-state index in [2.05, 4.69) is 122 Å². The number of carbonyl (C=O) groups excluding carboxylic acids is 8. The molecule has 12 rings (SSSR count). The van der Waals surface area contributed by atoms with Crippen molar-refractivity contribution in [2.45, 2.75) is 189 Å². The topological polar surface area (TPSA) is 231 Å². The predicted octanol–water partition coefficient (Wildman–Crippen LogP) is 12.4. The number of aliphatic hydroxyl groups excluding tert-OH is 3. The Labute approximate surface area is 649 Å². The van der Waals surface area contributed by atoms with Gasteiger partial charge in [-0.15, -0.1) is 37.1 Å². The molecular weight excluding hydrogens is 1980 g/mol. The van der Waals surface area contributed by atoms with Crippen molar-refractivity contribution in [2.75, 3.05) is 36.1 Å². The van der Waals surface area contributed by atoms with Crippen molar-refractivity contribution in [3.8, 4) is 0 Å². The van der Waals surface area contributed by atoms with Gasteiger partial charge in [0, 0.05) is 131 Å².